The Kier molecular flexibility index (Phi) is 4.11. The first-order valence-corrected chi connectivity index (χ1v) is 6.12. The lowest BCUT2D eigenvalue weighted by Gasteiger charge is -2.18. The zero-order valence-corrected chi connectivity index (χ0v) is 11.2. The van der Waals surface area contributed by atoms with Crippen molar-refractivity contribution in [1.82, 2.24) is 24.5 Å². The number of carbonyl (C=O) groups excluding carboxylic acids is 1. The van der Waals surface area contributed by atoms with Crippen molar-refractivity contribution in [3.63, 3.8) is 0 Å². The Labute approximate surface area is 114 Å². The van der Waals surface area contributed by atoms with Crippen molar-refractivity contribution in [3.05, 3.63) is 35.9 Å². The van der Waals surface area contributed by atoms with Crippen LogP contribution in [0.25, 0.3) is 0 Å². The van der Waals surface area contributed by atoms with E-state index in [1.54, 1.807) is 24.0 Å². The molecule has 6 nitrogen and oxygen atoms in total. The van der Waals surface area contributed by atoms with E-state index in [2.05, 4.69) is 10.2 Å². The van der Waals surface area contributed by atoms with E-state index in [1.165, 1.54) is 17.2 Å². The lowest BCUT2D eigenvalue weighted by Crippen LogP contribution is -2.29. The van der Waals surface area contributed by atoms with Crippen molar-refractivity contribution >= 4 is 5.91 Å². The fraction of sp³-hybridized carbons (Fsp3) is 0.417. The van der Waals surface area contributed by atoms with Gasteiger partial charge in [0.15, 0.2) is 0 Å². The third-order valence-electron chi connectivity index (χ3n) is 2.92. The first-order valence-electron chi connectivity index (χ1n) is 6.12. The highest BCUT2D eigenvalue weighted by Gasteiger charge is 2.21. The number of nitrogens with zero attached hydrogens (tertiary/aromatic N) is 5. The Morgan fingerprint density at radius 2 is 2.05 bits per heavy atom. The average molecular weight is 283 g/mol. The number of rotatable bonds is 5. The van der Waals surface area contributed by atoms with Crippen LogP contribution in [0.4, 0.5) is 8.78 Å². The van der Waals surface area contributed by atoms with E-state index in [0.717, 1.165) is 5.69 Å². The predicted octanol–water partition coefficient (Wildman–Crippen LogP) is 1.77. The third kappa shape index (κ3) is 2.68. The molecule has 0 aliphatic carbocycles. The molecule has 2 heterocycles. The molecule has 2 rings (SSSR count). The second kappa shape index (κ2) is 5.81. The summed E-state index contributed by atoms with van der Waals surface area (Å²) in [6.45, 7) is 0.0726. The van der Waals surface area contributed by atoms with Gasteiger partial charge in [-0.3, -0.25) is 9.48 Å². The van der Waals surface area contributed by atoms with E-state index in [0.29, 0.717) is 17.8 Å². The summed E-state index contributed by atoms with van der Waals surface area (Å²) in [5.74, 6) is -0.508. The van der Waals surface area contributed by atoms with Gasteiger partial charge in [-0.05, 0) is 19.1 Å². The van der Waals surface area contributed by atoms with Crippen LogP contribution in [0.5, 0.6) is 0 Å². The standard InChI is InChI=1S/C12H15F2N5O/c1-3-18-9(4-6-15-18)8-17(2)11(20)10-5-7-16-19(10)12(13)14/h4-7,12H,3,8H2,1-2H3. The van der Waals surface area contributed by atoms with E-state index < -0.39 is 12.5 Å². The van der Waals surface area contributed by atoms with Gasteiger partial charge in [-0.2, -0.15) is 23.7 Å². The monoisotopic (exact) mass is 283 g/mol. The molecule has 0 aliphatic rings. The van der Waals surface area contributed by atoms with E-state index in [1.807, 2.05) is 6.92 Å². The van der Waals surface area contributed by atoms with Crippen LogP contribution in [0, 0.1) is 0 Å². The number of halogens is 2. The molecule has 0 saturated carbocycles. The highest BCUT2D eigenvalue weighted by molar-refractivity contribution is 5.92. The van der Waals surface area contributed by atoms with Gasteiger partial charge in [-0.15, -0.1) is 0 Å². The maximum atomic E-state index is 12.7. The smallest absolute Gasteiger partial charge is 0.333 e. The molecule has 0 fully saturated rings. The minimum absolute atomic E-state index is 0.134. The summed E-state index contributed by atoms with van der Waals surface area (Å²) in [5, 5.41) is 7.55. The van der Waals surface area contributed by atoms with Crippen LogP contribution in [0.3, 0.4) is 0 Å². The first-order chi connectivity index (χ1) is 9.54. The van der Waals surface area contributed by atoms with Crippen molar-refractivity contribution < 1.29 is 13.6 Å². The lowest BCUT2D eigenvalue weighted by molar-refractivity contribution is 0.0471. The van der Waals surface area contributed by atoms with E-state index >= 15 is 0 Å². The molecule has 0 saturated heterocycles. The number of carbonyl (C=O) groups is 1. The van der Waals surface area contributed by atoms with Gasteiger partial charge in [-0.25, -0.2) is 0 Å². The number of amides is 1. The number of aromatic nitrogens is 4. The van der Waals surface area contributed by atoms with Gasteiger partial charge in [0.25, 0.3) is 5.91 Å². The minimum atomic E-state index is -2.83. The molecule has 2 aromatic rings. The Morgan fingerprint density at radius 1 is 1.35 bits per heavy atom. The fourth-order valence-electron chi connectivity index (χ4n) is 1.93. The normalized spacial score (nSPS) is 11.1. The quantitative estimate of drug-likeness (QED) is 0.840. The largest absolute Gasteiger partial charge is 0.334 e. The highest BCUT2D eigenvalue weighted by atomic mass is 19.3. The summed E-state index contributed by atoms with van der Waals surface area (Å²) in [5.41, 5.74) is 0.705. The van der Waals surface area contributed by atoms with Crippen LogP contribution in [-0.4, -0.2) is 37.4 Å². The number of alkyl halides is 2. The molecular formula is C12H15F2N5O. The minimum Gasteiger partial charge on any atom is -0.334 e. The van der Waals surface area contributed by atoms with Crippen LogP contribution in [0.15, 0.2) is 24.5 Å². The number of hydrogen-bond acceptors (Lipinski definition) is 3. The lowest BCUT2D eigenvalue weighted by atomic mass is 10.3. The summed E-state index contributed by atoms with van der Waals surface area (Å²) < 4.78 is 27.5. The van der Waals surface area contributed by atoms with Crippen molar-refractivity contribution in [2.75, 3.05) is 7.05 Å². The summed E-state index contributed by atoms with van der Waals surface area (Å²) >= 11 is 0. The van der Waals surface area contributed by atoms with E-state index in [-0.39, 0.29) is 5.69 Å². The van der Waals surface area contributed by atoms with Crippen LogP contribution in [0.2, 0.25) is 0 Å². The molecule has 1 amide bonds. The van der Waals surface area contributed by atoms with Crippen molar-refractivity contribution in [1.29, 1.82) is 0 Å². The number of hydrogen-bond donors (Lipinski definition) is 0. The first kappa shape index (κ1) is 14.2. The van der Waals surface area contributed by atoms with Gasteiger partial charge < -0.3 is 4.90 Å². The zero-order chi connectivity index (χ0) is 14.7. The molecule has 2 aromatic heterocycles. The Bertz CT molecular complexity index is 592. The van der Waals surface area contributed by atoms with Crippen LogP contribution >= 0.6 is 0 Å². The van der Waals surface area contributed by atoms with Gasteiger partial charge in [0.2, 0.25) is 0 Å². The van der Waals surface area contributed by atoms with Gasteiger partial charge in [0.1, 0.15) is 5.69 Å². The molecule has 108 valence electrons. The SMILES string of the molecule is CCn1nccc1CN(C)C(=O)c1ccnn1C(F)F. The van der Waals surface area contributed by atoms with Crippen molar-refractivity contribution in [2.24, 2.45) is 0 Å². The third-order valence-corrected chi connectivity index (χ3v) is 2.92. The molecule has 0 aliphatic heterocycles. The second-order valence-corrected chi connectivity index (χ2v) is 4.24. The van der Waals surface area contributed by atoms with E-state index in [9.17, 15) is 13.6 Å². The highest BCUT2D eigenvalue weighted by Crippen LogP contribution is 2.14. The van der Waals surface area contributed by atoms with Crippen LogP contribution in [-0.2, 0) is 13.1 Å². The summed E-state index contributed by atoms with van der Waals surface area (Å²) in [6, 6.07) is 3.07. The summed E-state index contributed by atoms with van der Waals surface area (Å²) in [4.78, 5) is 13.5. The molecule has 0 atom stereocenters. The molecule has 0 spiro atoms. The maximum Gasteiger partial charge on any atom is 0.333 e. The molecular weight excluding hydrogens is 268 g/mol. The molecule has 0 N–H and O–H groups in total. The van der Waals surface area contributed by atoms with Crippen LogP contribution in [0.1, 0.15) is 29.7 Å². The summed E-state index contributed by atoms with van der Waals surface area (Å²) in [6.07, 6.45) is 2.82. The number of aryl methyl sites for hydroxylation is 1. The Balaban J connectivity index is 2.15. The zero-order valence-electron chi connectivity index (χ0n) is 11.2. The Hall–Kier alpha value is -2.25. The van der Waals surface area contributed by atoms with Gasteiger partial charge in [-0.1, -0.05) is 0 Å². The van der Waals surface area contributed by atoms with Crippen molar-refractivity contribution in [3.8, 4) is 0 Å². The topological polar surface area (TPSA) is 56.0 Å². The predicted molar refractivity (Wildman–Crippen MR) is 67.2 cm³/mol. The fourth-order valence-corrected chi connectivity index (χ4v) is 1.93. The molecule has 8 heteroatoms. The van der Waals surface area contributed by atoms with Crippen molar-refractivity contribution in [2.45, 2.75) is 26.6 Å². The van der Waals surface area contributed by atoms with Gasteiger partial charge >= 0.3 is 6.55 Å². The Morgan fingerprint density at radius 3 is 2.70 bits per heavy atom. The van der Waals surface area contributed by atoms with Crippen LogP contribution < -0.4 is 0 Å². The molecule has 0 aromatic carbocycles. The molecule has 20 heavy (non-hydrogen) atoms. The molecule has 0 radical (unpaired) electrons. The second-order valence-electron chi connectivity index (χ2n) is 4.24. The van der Waals surface area contributed by atoms with Gasteiger partial charge in [0.05, 0.1) is 12.2 Å². The molecule has 0 unspecified atom stereocenters. The average Bonchev–Trinajstić information content (AvgIpc) is 3.05. The van der Waals surface area contributed by atoms with Gasteiger partial charge in [0, 0.05) is 26.0 Å². The maximum absolute atomic E-state index is 12.7. The van der Waals surface area contributed by atoms with E-state index in [4.69, 9.17) is 0 Å². The molecule has 0 bridgehead atoms. The summed E-state index contributed by atoms with van der Waals surface area (Å²) in [7, 11) is 1.55.